The maximum Gasteiger partial charge on any atom is 0.263 e. The SMILES string of the molecule is CCCC[C@@H](N=C1NS(=O)(=O)c2ccccc21)C(=O)Nc1cccc(OCC(N)=O)c1. The van der Waals surface area contributed by atoms with E-state index in [0.29, 0.717) is 23.4 Å². The summed E-state index contributed by atoms with van der Waals surface area (Å²) in [7, 11) is -3.69. The minimum absolute atomic E-state index is 0.141. The monoisotopic (exact) mass is 444 g/mol. The lowest BCUT2D eigenvalue weighted by Crippen LogP contribution is -2.30. The zero-order chi connectivity index (χ0) is 22.4. The van der Waals surface area contributed by atoms with Gasteiger partial charge in [0, 0.05) is 17.3 Å². The van der Waals surface area contributed by atoms with E-state index in [2.05, 4.69) is 15.0 Å². The van der Waals surface area contributed by atoms with Crippen molar-refractivity contribution < 1.29 is 22.7 Å². The molecular formula is C21H24N4O5S. The van der Waals surface area contributed by atoms with Crippen molar-refractivity contribution in [2.45, 2.75) is 37.1 Å². The number of amides is 2. The maximum absolute atomic E-state index is 12.9. The van der Waals surface area contributed by atoms with Gasteiger partial charge in [0.1, 0.15) is 17.6 Å². The zero-order valence-corrected chi connectivity index (χ0v) is 17.8. The predicted octanol–water partition coefficient (Wildman–Crippen LogP) is 1.79. The van der Waals surface area contributed by atoms with Gasteiger partial charge in [0.2, 0.25) is 5.91 Å². The van der Waals surface area contributed by atoms with E-state index < -0.39 is 22.0 Å². The Kier molecular flexibility index (Phi) is 6.91. The second-order valence-electron chi connectivity index (χ2n) is 7.01. The van der Waals surface area contributed by atoms with Crippen LogP contribution in [0.1, 0.15) is 31.7 Å². The van der Waals surface area contributed by atoms with Crippen molar-refractivity contribution in [3.63, 3.8) is 0 Å². The van der Waals surface area contributed by atoms with E-state index in [9.17, 15) is 18.0 Å². The highest BCUT2D eigenvalue weighted by Crippen LogP contribution is 2.24. The molecule has 0 aromatic heterocycles. The number of benzene rings is 2. The van der Waals surface area contributed by atoms with Crippen LogP contribution in [-0.2, 0) is 19.6 Å². The highest BCUT2D eigenvalue weighted by atomic mass is 32.2. The number of carbonyl (C=O) groups excluding carboxylic acids is 2. The van der Waals surface area contributed by atoms with E-state index in [1.165, 1.54) is 6.07 Å². The number of primary amides is 1. The first-order valence-corrected chi connectivity index (χ1v) is 11.3. The molecule has 0 saturated heterocycles. The number of nitrogens with zero attached hydrogens (tertiary/aromatic N) is 1. The Balaban J connectivity index is 1.82. The molecular weight excluding hydrogens is 420 g/mol. The van der Waals surface area contributed by atoms with Gasteiger partial charge in [-0.3, -0.25) is 19.3 Å². The summed E-state index contributed by atoms with van der Waals surface area (Å²) in [6.07, 6.45) is 2.05. The predicted molar refractivity (Wildman–Crippen MR) is 116 cm³/mol. The summed E-state index contributed by atoms with van der Waals surface area (Å²) in [5.74, 6) is -0.448. The molecule has 2 aromatic rings. The number of ether oxygens (including phenoxy) is 1. The Morgan fingerprint density at radius 1 is 1.19 bits per heavy atom. The van der Waals surface area contributed by atoms with Gasteiger partial charge >= 0.3 is 0 Å². The van der Waals surface area contributed by atoms with E-state index in [1.807, 2.05) is 6.92 Å². The van der Waals surface area contributed by atoms with Crippen molar-refractivity contribution in [3.8, 4) is 5.75 Å². The molecule has 1 heterocycles. The van der Waals surface area contributed by atoms with Crippen LogP contribution >= 0.6 is 0 Å². The van der Waals surface area contributed by atoms with Crippen molar-refractivity contribution in [3.05, 3.63) is 54.1 Å². The zero-order valence-electron chi connectivity index (χ0n) is 17.0. The highest BCUT2D eigenvalue weighted by Gasteiger charge is 2.31. The van der Waals surface area contributed by atoms with Crippen LogP contribution in [0.2, 0.25) is 0 Å². The molecule has 1 atom stereocenters. The average Bonchev–Trinajstić information content (AvgIpc) is 3.00. The molecule has 9 nitrogen and oxygen atoms in total. The molecule has 164 valence electrons. The Labute approximate surface area is 180 Å². The van der Waals surface area contributed by atoms with E-state index >= 15 is 0 Å². The standard InChI is InChI=1S/C21H24N4O5S/c1-2-3-10-17(24-20-16-9-4-5-11-18(16)31(28,29)25-20)21(27)23-14-7-6-8-15(12-14)30-13-19(22)26/h4-9,11-12,17H,2-3,10,13H2,1H3,(H2,22,26)(H,23,27)(H,24,25)/t17-/m1/s1. The topological polar surface area (TPSA) is 140 Å². The minimum atomic E-state index is -3.69. The summed E-state index contributed by atoms with van der Waals surface area (Å²) in [5.41, 5.74) is 5.98. The number of rotatable bonds is 9. The van der Waals surface area contributed by atoms with E-state index in [0.717, 1.165) is 12.8 Å². The van der Waals surface area contributed by atoms with Crippen molar-refractivity contribution >= 4 is 33.4 Å². The number of unbranched alkanes of at least 4 members (excludes halogenated alkanes) is 1. The molecule has 3 rings (SSSR count). The van der Waals surface area contributed by atoms with Crippen molar-refractivity contribution in [2.75, 3.05) is 11.9 Å². The molecule has 0 fully saturated rings. The first-order chi connectivity index (χ1) is 14.8. The van der Waals surface area contributed by atoms with Gasteiger partial charge in [-0.05, 0) is 30.7 Å². The normalized spacial score (nSPS) is 16.2. The molecule has 31 heavy (non-hydrogen) atoms. The van der Waals surface area contributed by atoms with Crippen molar-refractivity contribution in [1.29, 1.82) is 0 Å². The van der Waals surface area contributed by atoms with Crippen LogP contribution in [0.25, 0.3) is 0 Å². The molecule has 0 radical (unpaired) electrons. The lowest BCUT2D eigenvalue weighted by Gasteiger charge is -2.14. The van der Waals surface area contributed by atoms with Gasteiger partial charge in [0.15, 0.2) is 6.61 Å². The number of fused-ring (bicyclic) bond motifs is 1. The number of nitrogens with two attached hydrogens (primary N) is 1. The van der Waals surface area contributed by atoms with Crippen molar-refractivity contribution in [1.82, 2.24) is 4.72 Å². The maximum atomic E-state index is 12.9. The van der Waals surface area contributed by atoms with Gasteiger partial charge in [0.25, 0.3) is 15.9 Å². The summed E-state index contributed by atoms with van der Waals surface area (Å²) >= 11 is 0. The first-order valence-electron chi connectivity index (χ1n) is 9.82. The molecule has 10 heteroatoms. The van der Waals surface area contributed by atoms with Crippen LogP contribution in [0.3, 0.4) is 0 Å². The summed E-state index contributed by atoms with van der Waals surface area (Å²) in [6, 6.07) is 12.3. The second-order valence-corrected chi connectivity index (χ2v) is 8.66. The van der Waals surface area contributed by atoms with Gasteiger partial charge in [-0.15, -0.1) is 0 Å². The van der Waals surface area contributed by atoms with E-state index in [4.69, 9.17) is 10.5 Å². The smallest absolute Gasteiger partial charge is 0.263 e. The van der Waals surface area contributed by atoms with Gasteiger partial charge in [-0.2, -0.15) is 0 Å². The molecule has 1 aliphatic heterocycles. The third-order valence-corrected chi connectivity index (χ3v) is 5.96. The van der Waals surface area contributed by atoms with Crippen LogP contribution in [0.4, 0.5) is 5.69 Å². The third-order valence-electron chi connectivity index (χ3n) is 4.56. The molecule has 0 unspecified atom stereocenters. The van der Waals surface area contributed by atoms with Crippen LogP contribution in [0.15, 0.2) is 58.4 Å². The summed E-state index contributed by atoms with van der Waals surface area (Å²) < 4.78 is 32.3. The number of aliphatic imine (C=N–C) groups is 1. The summed E-state index contributed by atoms with van der Waals surface area (Å²) in [4.78, 5) is 28.4. The molecule has 0 aliphatic carbocycles. The minimum Gasteiger partial charge on any atom is -0.484 e. The number of carbonyl (C=O) groups is 2. The van der Waals surface area contributed by atoms with Gasteiger partial charge < -0.3 is 15.8 Å². The molecule has 2 amide bonds. The number of sulfonamides is 1. The summed E-state index contributed by atoms with van der Waals surface area (Å²) in [6.45, 7) is 1.72. The van der Waals surface area contributed by atoms with Crippen LogP contribution in [-0.4, -0.2) is 38.7 Å². The van der Waals surface area contributed by atoms with Gasteiger partial charge in [0.05, 0.1) is 4.90 Å². The van der Waals surface area contributed by atoms with Crippen molar-refractivity contribution in [2.24, 2.45) is 10.7 Å². The largest absolute Gasteiger partial charge is 0.484 e. The molecule has 0 bridgehead atoms. The number of anilines is 1. The molecule has 0 saturated carbocycles. The molecule has 1 aliphatic rings. The van der Waals surface area contributed by atoms with E-state index in [1.54, 1.807) is 42.5 Å². The Bertz CT molecular complexity index is 1110. The Hall–Kier alpha value is -3.40. The number of hydrogen-bond acceptors (Lipinski definition) is 6. The lowest BCUT2D eigenvalue weighted by atomic mass is 10.1. The van der Waals surface area contributed by atoms with Crippen LogP contribution in [0.5, 0.6) is 5.75 Å². The third kappa shape index (κ3) is 5.60. The second kappa shape index (κ2) is 9.61. The molecule has 0 spiro atoms. The number of nitrogens with one attached hydrogen (secondary N) is 2. The Morgan fingerprint density at radius 2 is 1.97 bits per heavy atom. The van der Waals surface area contributed by atoms with Gasteiger partial charge in [-0.1, -0.05) is 38.0 Å². The van der Waals surface area contributed by atoms with E-state index in [-0.39, 0.29) is 23.2 Å². The average molecular weight is 445 g/mol. The van der Waals surface area contributed by atoms with Crippen LogP contribution in [0, 0.1) is 0 Å². The molecule has 4 N–H and O–H groups in total. The van der Waals surface area contributed by atoms with Gasteiger partial charge in [-0.25, -0.2) is 8.42 Å². The Morgan fingerprint density at radius 3 is 2.71 bits per heavy atom. The lowest BCUT2D eigenvalue weighted by molar-refractivity contribution is -0.120. The molecule has 2 aromatic carbocycles. The quantitative estimate of drug-likeness (QED) is 0.541. The first kappa shape index (κ1) is 22.3. The number of hydrogen-bond donors (Lipinski definition) is 3. The fraction of sp³-hybridized carbons (Fsp3) is 0.286. The fourth-order valence-corrected chi connectivity index (χ4v) is 4.32. The highest BCUT2D eigenvalue weighted by molar-refractivity contribution is 7.90. The fourth-order valence-electron chi connectivity index (χ4n) is 3.08. The summed E-state index contributed by atoms with van der Waals surface area (Å²) in [5, 5.41) is 2.78. The van der Waals surface area contributed by atoms with Crippen LogP contribution < -0.4 is 20.5 Å². The number of amidine groups is 1.